The number of nitrogens with one attached hydrogen (secondary N) is 2. The normalized spacial score (nSPS) is 16.2. The van der Waals surface area contributed by atoms with Crippen molar-refractivity contribution in [2.45, 2.75) is 12.5 Å². The zero-order valence-corrected chi connectivity index (χ0v) is 10.3. The number of hydrogen-bond acceptors (Lipinski definition) is 5. The lowest BCUT2D eigenvalue weighted by Gasteiger charge is -2.16. The highest BCUT2D eigenvalue weighted by Crippen LogP contribution is 1.99. The predicted octanol–water partition coefficient (Wildman–Crippen LogP) is -1.86. The van der Waals surface area contributed by atoms with E-state index in [1.54, 1.807) is 0 Å². The first-order valence-electron chi connectivity index (χ1n) is 5.55. The zero-order valence-electron chi connectivity index (χ0n) is 10.3. The van der Waals surface area contributed by atoms with Crippen LogP contribution in [0.15, 0.2) is 0 Å². The van der Waals surface area contributed by atoms with Crippen molar-refractivity contribution < 1.29 is 29.0 Å². The van der Waals surface area contributed by atoms with Crippen molar-refractivity contribution in [3.05, 3.63) is 0 Å². The fourth-order valence-electron chi connectivity index (χ4n) is 1.49. The van der Waals surface area contributed by atoms with E-state index in [2.05, 4.69) is 10.6 Å². The van der Waals surface area contributed by atoms with Gasteiger partial charge in [0.05, 0.1) is 6.54 Å². The number of carboxylic acid groups (broad SMARTS) is 1. The molecular formula is C10H15N3O6. The first kappa shape index (κ1) is 14.9. The van der Waals surface area contributed by atoms with Crippen molar-refractivity contribution in [2.75, 3.05) is 26.8 Å². The van der Waals surface area contributed by atoms with Crippen molar-refractivity contribution in [1.29, 1.82) is 0 Å². The number of methoxy groups -OCH3 is 1. The predicted molar refractivity (Wildman–Crippen MR) is 61.2 cm³/mol. The van der Waals surface area contributed by atoms with Crippen LogP contribution in [0.5, 0.6) is 0 Å². The van der Waals surface area contributed by atoms with Gasteiger partial charge in [0.15, 0.2) is 0 Å². The van der Waals surface area contributed by atoms with Gasteiger partial charge in [-0.05, 0) is 0 Å². The molecule has 106 valence electrons. The molecule has 1 heterocycles. The Morgan fingerprint density at radius 3 is 2.68 bits per heavy atom. The van der Waals surface area contributed by atoms with Crippen LogP contribution in [0.1, 0.15) is 6.42 Å². The molecule has 0 aromatic heterocycles. The topological polar surface area (TPSA) is 125 Å². The maximum atomic E-state index is 11.6. The van der Waals surface area contributed by atoms with Gasteiger partial charge in [0.25, 0.3) is 5.91 Å². The van der Waals surface area contributed by atoms with Gasteiger partial charge in [0, 0.05) is 20.1 Å². The number of amides is 4. The second-order valence-corrected chi connectivity index (χ2v) is 3.88. The minimum absolute atomic E-state index is 0.0950. The van der Waals surface area contributed by atoms with Crippen molar-refractivity contribution >= 4 is 23.8 Å². The summed E-state index contributed by atoms with van der Waals surface area (Å²) in [6.07, 6.45) is 0.0950. The third-order valence-electron chi connectivity index (χ3n) is 2.48. The van der Waals surface area contributed by atoms with Crippen molar-refractivity contribution in [2.24, 2.45) is 0 Å². The molecule has 3 N–H and O–H groups in total. The van der Waals surface area contributed by atoms with Crippen LogP contribution in [0.25, 0.3) is 0 Å². The highest BCUT2D eigenvalue weighted by Gasteiger charge is 2.31. The van der Waals surface area contributed by atoms with Crippen LogP contribution in [0.3, 0.4) is 0 Å². The first-order chi connectivity index (χ1) is 8.95. The number of ether oxygens (including phenoxy) is 1. The Kier molecular flexibility index (Phi) is 5.24. The molecule has 0 aromatic carbocycles. The van der Waals surface area contributed by atoms with Crippen LogP contribution in [0.4, 0.5) is 4.79 Å². The molecule has 0 spiro atoms. The van der Waals surface area contributed by atoms with Gasteiger partial charge >= 0.3 is 12.0 Å². The molecule has 1 fully saturated rings. The number of aliphatic carboxylic acids is 1. The number of carboxylic acids is 1. The second-order valence-electron chi connectivity index (χ2n) is 3.88. The van der Waals surface area contributed by atoms with Crippen molar-refractivity contribution in [3.8, 4) is 0 Å². The van der Waals surface area contributed by atoms with Gasteiger partial charge in [0.1, 0.15) is 12.6 Å². The first-order valence-corrected chi connectivity index (χ1v) is 5.55. The summed E-state index contributed by atoms with van der Waals surface area (Å²) in [5, 5.41) is 13.4. The molecule has 0 aromatic rings. The van der Waals surface area contributed by atoms with E-state index in [1.165, 1.54) is 7.11 Å². The summed E-state index contributed by atoms with van der Waals surface area (Å²) in [5.41, 5.74) is 0. The van der Waals surface area contributed by atoms with E-state index in [0.717, 1.165) is 4.90 Å². The molecule has 1 aliphatic rings. The summed E-state index contributed by atoms with van der Waals surface area (Å²) >= 11 is 0. The number of urea groups is 1. The molecule has 1 aliphatic heterocycles. The number of imide groups is 1. The van der Waals surface area contributed by atoms with Crippen molar-refractivity contribution in [3.63, 3.8) is 0 Å². The van der Waals surface area contributed by atoms with Crippen LogP contribution in [-0.2, 0) is 19.1 Å². The Balaban J connectivity index is 2.50. The van der Waals surface area contributed by atoms with E-state index in [0.29, 0.717) is 0 Å². The number of nitrogens with zero attached hydrogens (tertiary/aromatic N) is 1. The van der Waals surface area contributed by atoms with Gasteiger partial charge in [-0.3, -0.25) is 14.5 Å². The Hall–Kier alpha value is -2.16. The molecule has 9 nitrogen and oxygen atoms in total. The third-order valence-corrected chi connectivity index (χ3v) is 2.48. The van der Waals surface area contributed by atoms with Gasteiger partial charge in [0.2, 0.25) is 5.91 Å². The van der Waals surface area contributed by atoms with E-state index in [9.17, 15) is 19.2 Å². The lowest BCUT2D eigenvalue weighted by atomic mass is 10.2. The zero-order chi connectivity index (χ0) is 14.4. The molecule has 19 heavy (non-hydrogen) atoms. The minimum atomic E-state index is -1.21. The Bertz CT molecular complexity index is 381. The average molecular weight is 273 g/mol. The number of carbonyl (C=O) groups is 4. The lowest BCUT2D eigenvalue weighted by molar-refractivity contribution is -0.142. The van der Waals surface area contributed by atoms with Gasteiger partial charge in [-0.15, -0.1) is 0 Å². The summed E-state index contributed by atoms with van der Waals surface area (Å²) in [7, 11) is 1.41. The number of rotatable bonds is 7. The second kappa shape index (κ2) is 6.69. The fourth-order valence-corrected chi connectivity index (χ4v) is 1.49. The molecule has 9 heteroatoms. The van der Waals surface area contributed by atoms with E-state index in [-0.39, 0.29) is 19.6 Å². The number of carbonyl (C=O) groups excluding carboxylic acids is 3. The van der Waals surface area contributed by atoms with Crippen LogP contribution in [-0.4, -0.2) is 66.7 Å². The number of hydrogen-bond donors (Lipinski definition) is 3. The van der Waals surface area contributed by atoms with Gasteiger partial charge in [-0.2, -0.15) is 0 Å². The minimum Gasteiger partial charge on any atom is -0.480 e. The molecule has 1 unspecified atom stereocenters. The Labute approximate surface area is 108 Å². The summed E-state index contributed by atoms with van der Waals surface area (Å²) in [5.74, 6) is -2.44. The molecule has 1 rings (SSSR count). The van der Waals surface area contributed by atoms with Crippen LogP contribution in [0, 0.1) is 0 Å². The van der Waals surface area contributed by atoms with Gasteiger partial charge < -0.3 is 20.5 Å². The van der Waals surface area contributed by atoms with Gasteiger partial charge in [-0.1, -0.05) is 0 Å². The highest BCUT2D eigenvalue weighted by atomic mass is 16.5. The van der Waals surface area contributed by atoms with Crippen LogP contribution < -0.4 is 10.6 Å². The molecule has 1 atom stereocenters. The fraction of sp³-hybridized carbons (Fsp3) is 0.600. The monoisotopic (exact) mass is 273 g/mol. The van der Waals surface area contributed by atoms with Crippen LogP contribution >= 0.6 is 0 Å². The maximum Gasteiger partial charge on any atom is 0.326 e. The van der Waals surface area contributed by atoms with E-state index in [1.807, 2.05) is 0 Å². The largest absolute Gasteiger partial charge is 0.480 e. The standard InChI is InChI=1S/C10H15N3O6/c1-19-3-2-6(9(16)17)12-7(14)5-13-8(15)4-11-10(13)18/h6H,2-5H2,1H3,(H,11,18)(H,12,14)(H,16,17). The summed E-state index contributed by atoms with van der Waals surface area (Å²) < 4.78 is 4.73. The van der Waals surface area contributed by atoms with E-state index < -0.39 is 36.4 Å². The van der Waals surface area contributed by atoms with E-state index >= 15 is 0 Å². The lowest BCUT2D eigenvalue weighted by Crippen LogP contribution is -2.47. The van der Waals surface area contributed by atoms with E-state index in [4.69, 9.17) is 9.84 Å². The van der Waals surface area contributed by atoms with Gasteiger partial charge in [-0.25, -0.2) is 9.59 Å². The Morgan fingerprint density at radius 1 is 1.53 bits per heavy atom. The molecule has 0 radical (unpaired) electrons. The molecule has 0 aliphatic carbocycles. The molecular weight excluding hydrogens is 258 g/mol. The summed E-state index contributed by atoms with van der Waals surface area (Å²) in [4.78, 5) is 45.6. The molecule has 0 saturated carbocycles. The Morgan fingerprint density at radius 2 is 2.21 bits per heavy atom. The average Bonchev–Trinajstić information content (AvgIpc) is 2.66. The third kappa shape index (κ3) is 4.21. The highest BCUT2D eigenvalue weighted by molar-refractivity contribution is 6.04. The summed E-state index contributed by atoms with van der Waals surface area (Å²) in [6, 6.07) is -1.78. The smallest absolute Gasteiger partial charge is 0.326 e. The SMILES string of the molecule is COCCC(NC(=O)CN1C(=O)CNC1=O)C(=O)O. The van der Waals surface area contributed by atoms with Crippen LogP contribution in [0.2, 0.25) is 0 Å². The molecule has 4 amide bonds. The molecule has 0 bridgehead atoms. The maximum absolute atomic E-state index is 11.6. The quantitative estimate of drug-likeness (QED) is 0.467. The molecule has 1 saturated heterocycles. The van der Waals surface area contributed by atoms with Crippen molar-refractivity contribution in [1.82, 2.24) is 15.5 Å². The summed E-state index contributed by atoms with van der Waals surface area (Å²) in [6.45, 7) is -0.486.